The second-order valence-electron chi connectivity index (χ2n) is 4.98. The Bertz CT molecular complexity index is 572. The lowest BCUT2D eigenvalue weighted by Crippen LogP contribution is -2.33. The van der Waals surface area contributed by atoms with Crippen LogP contribution in [0.3, 0.4) is 0 Å². The molecule has 0 aliphatic carbocycles. The highest BCUT2D eigenvalue weighted by molar-refractivity contribution is 9.10. The summed E-state index contributed by atoms with van der Waals surface area (Å²) in [7, 11) is 0. The molecule has 102 valence electrons. The summed E-state index contributed by atoms with van der Waals surface area (Å²) >= 11 is 3.39. The van der Waals surface area contributed by atoms with Crippen LogP contribution in [-0.2, 0) is 0 Å². The number of nitrogens with one attached hydrogen (secondary N) is 1. The first kappa shape index (κ1) is 14.2. The van der Waals surface area contributed by atoms with Crippen LogP contribution in [0.25, 0.3) is 11.0 Å². The summed E-state index contributed by atoms with van der Waals surface area (Å²) in [6.45, 7) is 4.41. The molecule has 1 atom stereocenters. The highest BCUT2D eigenvalue weighted by Crippen LogP contribution is 2.23. The molecule has 2 aromatic rings. The summed E-state index contributed by atoms with van der Waals surface area (Å²) in [5, 5.41) is 13.5. The monoisotopic (exact) mass is 323 g/mol. The molecule has 2 aromatic heterocycles. The summed E-state index contributed by atoms with van der Waals surface area (Å²) < 4.78 is 0.905. The number of nitrogens with zero attached hydrogens (tertiary/aromatic N) is 2. The number of aromatic nitrogens is 2. The third kappa shape index (κ3) is 3.64. The van der Waals surface area contributed by atoms with E-state index in [0.717, 1.165) is 34.0 Å². The lowest BCUT2D eigenvalue weighted by Gasteiger charge is -2.23. The zero-order valence-electron chi connectivity index (χ0n) is 11.2. The second kappa shape index (κ2) is 5.84. The van der Waals surface area contributed by atoms with Gasteiger partial charge in [-0.15, -0.1) is 0 Å². The molecule has 0 radical (unpaired) electrons. The van der Waals surface area contributed by atoms with Crippen molar-refractivity contribution in [3.8, 4) is 0 Å². The van der Waals surface area contributed by atoms with Gasteiger partial charge in [-0.1, -0.05) is 13.3 Å². The first-order valence-corrected chi connectivity index (χ1v) is 7.17. The summed E-state index contributed by atoms with van der Waals surface area (Å²) in [6.07, 6.45) is 5.21. The SMILES string of the molecule is CCCC(C)(O)CNc1ccnc2cc(Br)cnc12. The van der Waals surface area contributed by atoms with Crippen molar-refractivity contribution in [1.29, 1.82) is 0 Å². The Labute approximate surface area is 121 Å². The number of aliphatic hydroxyl groups is 1. The molecule has 2 heterocycles. The largest absolute Gasteiger partial charge is 0.388 e. The Balaban J connectivity index is 2.21. The van der Waals surface area contributed by atoms with Crippen molar-refractivity contribution in [2.24, 2.45) is 0 Å². The minimum absolute atomic E-state index is 0.498. The van der Waals surface area contributed by atoms with Crippen LogP contribution in [-0.4, -0.2) is 27.2 Å². The fourth-order valence-corrected chi connectivity index (χ4v) is 2.38. The fourth-order valence-electron chi connectivity index (χ4n) is 2.06. The second-order valence-corrected chi connectivity index (χ2v) is 5.90. The molecule has 0 spiro atoms. The number of halogens is 1. The van der Waals surface area contributed by atoms with Crippen LogP contribution in [0.1, 0.15) is 26.7 Å². The van der Waals surface area contributed by atoms with Crippen molar-refractivity contribution in [3.63, 3.8) is 0 Å². The van der Waals surface area contributed by atoms with Crippen molar-refractivity contribution in [2.45, 2.75) is 32.3 Å². The van der Waals surface area contributed by atoms with Gasteiger partial charge in [0.15, 0.2) is 0 Å². The first-order chi connectivity index (χ1) is 9.02. The van der Waals surface area contributed by atoms with Gasteiger partial charge in [-0.05, 0) is 41.4 Å². The molecule has 2 rings (SSSR count). The van der Waals surface area contributed by atoms with E-state index in [2.05, 4.69) is 38.1 Å². The topological polar surface area (TPSA) is 58.0 Å². The third-order valence-electron chi connectivity index (χ3n) is 2.99. The van der Waals surface area contributed by atoms with Crippen molar-refractivity contribution in [3.05, 3.63) is 29.0 Å². The molecule has 2 N–H and O–H groups in total. The van der Waals surface area contributed by atoms with Gasteiger partial charge in [0.1, 0.15) is 5.52 Å². The molecule has 0 aromatic carbocycles. The van der Waals surface area contributed by atoms with Gasteiger partial charge in [0, 0.05) is 23.4 Å². The molecule has 4 nitrogen and oxygen atoms in total. The maximum Gasteiger partial charge on any atom is 0.112 e. The molecule has 1 unspecified atom stereocenters. The zero-order valence-corrected chi connectivity index (χ0v) is 12.7. The van der Waals surface area contributed by atoms with Crippen molar-refractivity contribution in [2.75, 3.05) is 11.9 Å². The van der Waals surface area contributed by atoms with Crippen LogP contribution in [0.15, 0.2) is 29.0 Å². The predicted octanol–water partition coefficient (Wildman–Crippen LogP) is 3.36. The Kier molecular flexibility index (Phi) is 4.37. The van der Waals surface area contributed by atoms with Crippen molar-refractivity contribution >= 4 is 32.7 Å². The van der Waals surface area contributed by atoms with Crippen LogP contribution in [0.5, 0.6) is 0 Å². The Hall–Kier alpha value is -1.20. The number of hydrogen-bond acceptors (Lipinski definition) is 4. The molecule has 19 heavy (non-hydrogen) atoms. The van der Waals surface area contributed by atoms with Gasteiger partial charge in [0.2, 0.25) is 0 Å². The van der Waals surface area contributed by atoms with Gasteiger partial charge in [0.25, 0.3) is 0 Å². The normalized spacial score (nSPS) is 14.3. The van der Waals surface area contributed by atoms with Gasteiger partial charge in [-0.3, -0.25) is 9.97 Å². The molecular formula is C14H18BrN3O. The predicted molar refractivity (Wildman–Crippen MR) is 81.3 cm³/mol. The molecule has 0 fully saturated rings. The Morgan fingerprint density at radius 2 is 2.21 bits per heavy atom. The van der Waals surface area contributed by atoms with Gasteiger partial charge >= 0.3 is 0 Å². The molecule has 0 bridgehead atoms. The van der Waals surface area contributed by atoms with E-state index in [1.54, 1.807) is 12.4 Å². The number of fused-ring (bicyclic) bond motifs is 1. The van der Waals surface area contributed by atoms with Crippen LogP contribution >= 0.6 is 15.9 Å². The number of rotatable bonds is 5. The average Bonchev–Trinajstić information content (AvgIpc) is 2.36. The maximum atomic E-state index is 10.2. The van der Waals surface area contributed by atoms with Crippen molar-refractivity contribution < 1.29 is 5.11 Å². The zero-order chi connectivity index (χ0) is 13.9. The summed E-state index contributed by atoms with van der Waals surface area (Å²) in [4.78, 5) is 8.66. The summed E-state index contributed by atoms with van der Waals surface area (Å²) in [5.74, 6) is 0. The van der Waals surface area contributed by atoms with E-state index < -0.39 is 5.60 Å². The van der Waals surface area contributed by atoms with E-state index in [9.17, 15) is 5.11 Å². The minimum atomic E-state index is -0.709. The standard InChI is InChI=1S/C14H18BrN3O/c1-3-5-14(2,19)9-18-11-4-6-16-12-7-10(15)8-17-13(11)12/h4,6-8,19H,3,5,9H2,1-2H3,(H,16,18). The van der Waals surface area contributed by atoms with E-state index in [1.165, 1.54) is 0 Å². The average molecular weight is 324 g/mol. The van der Waals surface area contributed by atoms with Gasteiger partial charge in [-0.2, -0.15) is 0 Å². The van der Waals surface area contributed by atoms with E-state index >= 15 is 0 Å². The summed E-state index contributed by atoms with van der Waals surface area (Å²) in [6, 6.07) is 3.81. The van der Waals surface area contributed by atoms with E-state index in [4.69, 9.17) is 0 Å². The molecule has 0 amide bonds. The maximum absolute atomic E-state index is 10.2. The van der Waals surface area contributed by atoms with E-state index in [1.807, 2.05) is 19.1 Å². The molecular weight excluding hydrogens is 306 g/mol. The Morgan fingerprint density at radius 1 is 1.42 bits per heavy atom. The van der Waals surface area contributed by atoms with Gasteiger partial charge in [-0.25, -0.2) is 0 Å². The molecule has 0 saturated heterocycles. The molecule has 0 aliphatic heterocycles. The van der Waals surface area contributed by atoms with Crippen LogP contribution in [0.4, 0.5) is 5.69 Å². The molecule has 5 heteroatoms. The van der Waals surface area contributed by atoms with E-state index in [0.29, 0.717) is 6.54 Å². The lowest BCUT2D eigenvalue weighted by atomic mass is 10.0. The summed E-state index contributed by atoms with van der Waals surface area (Å²) in [5.41, 5.74) is 1.83. The number of anilines is 1. The van der Waals surface area contributed by atoms with Gasteiger partial charge in [0.05, 0.1) is 16.8 Å². The minimum Gasteiger partial charge on any atom is -0.388 e. The highest BCUT2D eigenvalue weighted by Gasteiger charge is 2.19. The van der Waals surface area contributed by atoms with Crippen LogP contribution < -0.4 is 5.32 Å². The number of hydrogen-bond donors (Lipinski definition) is 2. The Morgan fingerprint density at radius 3 is 2.95 bits per heavy atom. The molecule has 0 aliphatic rings. The highest BCUT2D eigenvalue weighted by atomic mass is 79.9. The number of pyridine rings is 2. The quantitative estimate of drug-likeness (QED) is 0.885. The van der Waals surface area contributed by atoms with Crippen molar-refractivity contribution in [1.82, 2.24) is 9.97 Å². The van der Waals surface area contributed by atoms with Crippen LogP contribution in [0, 0.1) is 0 Å². The lowest BCUT2D eigenvalue weighted by molar-refractivity contribution is 0.0637. The first-order valence-electron chi connectivity index (χ1n) is 6.38. The smallest absolute Gasteiger partial charge is 0.112 e. The molecule has 0 saturated carbocycles. The van der Waals surface area contributed by atoms with Crippen LogP contribution in [0.2, 0.25) is 0 Å². The third-order valence-corrected chi connectivity index (χ3v) is 3.43. The fraction of sp³-hybridized carbons (Fsp3) is 0.429. The van der Waals surface area contributed by atoms with E-state index in [-0.39, 0.29) is 0 Å². The van der Waals surface area contributed by atoms with Gasteiger partial charge < -0.3 is 10.4 Å².